The first-order chi connectivity index (χ1) is 10.6. The molecule has 0 aromatic heterocycles. The van der Waals surface area contributed by atoms with Gasteiger partial charge < -0.3 is 5.32 Å². The maximum absolute atomic E-state index is 11.8. The number of hydrogen-bond donors (Lipinski definition) is 1. The molecule has 0 heterocycles. The number of nitro benzene ring substituents is 1. The quantitative estimate of drug-likeness (QED) is 0.369. The lowest BCUT2D eigenvalue weighted by Gasteiger charge is -2.05. The van der Waals surface area contributed by atoms with Gasteiger partial charge in [0.2, 0.25) is 5.91 Å². The second kappa shape index (κ2) is 8.19. The molecule has 6 heteroatoms. The summed E-state index contributed by atoms with van der Waals surface area (Å²) in [5, 5.41) is 13.4. The molecule has 0 spiro atoms. The van der Waals surface area contributed by atoms with Crippen molar-refractivity contribution in [3.05, 3.63) is 70.3 Å². The van der Waals surface area contributed by atoms with Gasteiger partial charge in [0.15, 0.2) is 0 Å². The summed E-state index contributed by atoms with van der Waals surface area (Å²) >= 11 is 1.68. The molecule has 2 aromatic carbocycles. The van der Waals surface area contributed by atoms with Crippen LogP contribution in [0, 0.1) is 10.1 Å². The van der Waals surface area contributed by atoms with E-state index in [-0.39, 0.29) is 18.0 Å². The number of non-ortho nitro benzene ring substituents is 1. The van der Waals surface area contributed by atoms with Crippen LogP contribution >= 0.6 is 11.8 Å². The minimum atomic E-state index is -0.454. The first-order valence-corrected chi connectivity index (χ1v) is 7.81. The van der Waals surface area contributed by atoms with E-state index in [2.05, 4.69) is 5.32 Å². The fourth-order valence-corrected chi connectivity index (χ4v) is 2.65. The molecule has 114 valence electrons. The highest BCUT2D eigenvalue weighted by Crippen LogP contribution is 2.16. The van der Waals surface area contributed by atoms with E-state index in [1.54, 1.807) is 23.9 Å². The second-order valence-electron chi connectivity index (χ2n) is 4.61. The Morgan fingerprint density at radius 1 is 1.09 bits per heavy atom. The molecule has 2 aromatic rings. The average molecular weight is 316 g/mol. The molecule has 0 saturated heterocycles. The van der Waals surface area contributed by atoms with Crippen molar-refractivity contribution < 1.29 is 9.72 Å². The summed E-state index contributed by atoms with van der Waals surface area (Å²) in [7, 11) is 0. The number of rotatable bonds is 7. The third-order valence-corrected chi connectivity index (χ3v) is 3.96. The van der Waals surface area contributed by atoms with E-state index in [4.69, 9.17) is 0 Å². The van der Waals surface area contributed by atoms with Gasteiger partial charge in [0.25, 0.3) is 5.69 Å². The number of nitrogens with zero attached hydrogens (tertiary/aromatic N) is 1. The van der Waals surface area contributed by atoms with Gasteiger partial charge in [0, 0.05) is 29.3 Å². The molecule has 0 saturated carbocycles. The smallest absolute Gasteiger partial charge is 0.269 e. The van der Waals surface area contributed by atoms with Crippen LogP contribution in [0.1, 0.15) is 5.56 Å². The maximum Gasteiger partial charge on any atom is 0.269 e. The van der Waals surface area contributed by atoms with Crippen molar-refractivity contribution in [3.8, 4) is 0 Å². The molecule has 5 nitrogen and oxygen atoms in total. The van der Waals surface area contributed by atoms with Gasteiger partial charge in [-0.1, -0.05) is 30.3 Å². The molecule has 0 radical (unpaired) electrons. The van der Waals surface area contributed by atoms with Crippen molar-refractivity contribution in [1.82, 2.24) is 5.32 Å². The molecular weight excluding hydrogens is 300 g/mol. The Hall–Kier alpha value is -2.34. The van der Waals surface area contributed by atoms with Crippen molar-refractivity contribution in [2.24, 2.45) is 0 Å². The molecular formula is C16H16N2O3S. The number of nitro groups is 1. The van der Waals surface area contributed by atoms with Gasteiger partial charge in [0.1, 0.15) is 0 Å². The third kappa shape index (κ3) is 5.21. The van der Waals surface area contributed by atoms with Crippen LogP contribution in [0.2, 0.25) is 0 Å². The van der Waals surface area contributed by atoms with Gasteiger partial charge in [-0.2, -0.15) is 0 Å². The molecule has 2 rings (SSSR count). The SMILES string of the molecule is O=C(Cc1ccc([N+](=O)[O-])cc1)NCCSc1ccccc1. The summed E-state index contributed by atoms with van der Waals surface area (Å²) in [4.78, 5) is 23.1. The van der Waals surface area contributed by atoms with Crippen molar-refractivity contribution in [1.29, 1.82) is 0 Å². The summed E-state index contributed by atoms with van der Waals surface area (Å²) in [5.74, 6) is 0.721. The number of carbonyl (C=O) groups is 1. The van der Waals surface area contributed by atoms with E-state index < -0.39 is 4.92 Å². The summed E-state index contributed by atoms with van der Waals surface area (Å²) in [6.07, 6.45) is 0.230. The molecule has 0 fully saturated rings. The summed E-state index contributed by atoms with van der Waals surface area (Å²) in [5.41, 5.74) is 0.794. The van der Waals surface area contributed by atoms with Crippen LogP contribution < -0.4 is 5.32 Å². The van der Waals surface area contributed by atoms with Crippen LogP contribution in [-0.2, 0) is 11.2 Å². The standard InChI is InChI=1S/C16H16N2O3S/c19-16(12-13-6-8-14(9-7-13)18(20)21)17-10-11-22-15-4-2-1-3-5-15/h1-9H,10-12H2,(H,17,19). The Balaban J connectivity index is 1.70. The Morgan fingerprint density at radius 3 is 2.41 bits per heavy atom. The van der Waals surface area contributed by atoms with E-state index in [1.807, 2.05) is 30.3 Å². The molecule has 0 unspecified atom stereocenters. The highest BCUT2D eigenvalue weighted by atomic mass is 32.2. The molecule has 22 heavy (non-hydrogen) atoms. The Morgan fingerprint density at radius 2 is 1.77 bits per heavy atom. The van der Waals surface area contributed by atoms with Crippen molar-refractivity contribution in [2.45, 2.75) is 11.3 Å². The summed E-state index contributed by atoms with van der Waals surface area (Å²) in [6, 6.07) is 16.0. The highest BCUT2D eigenvalue weighted by Gasteiger charge is 2.07. The predicted octanol–water partition coefficient (Wildman–Crippen LogP) is 3.05. The number of thioether (sulfide) groups is 1. The molecule has 0 aliphatic carbocycles. The summed E-state index contributed by atoms with van der Waals surface area (Å²) < 4.78 is 0. The van der Waals surface area contributed by atoms with Crippen molar-refractivity contribution in [2.75, 3.05) is 12.3 Å². The monoisotopic (exact) mass is 316 g/mol. The molecule has 0 bridgehead atoms. The van der Waals surface area contributed by atoms with Gasteiger partial charge in [-0.05, 0) is 17.7 Å². The molecule has 0 aliphatic rings. The topological polar surface area (TPSA) is 72.2 Å². The van der Waals surface area contributed by atoms with Crippen LogP contribution in [0.4, 0.5) is 5.69 Å². The van der Waals surface area contributed by atoms with Gasteiger partial charge in [-0.3, -0.25) is 14.9 Å². The third-order valence-electron chi connectivity index (χ3n) is 2.95. The first kappa shape index (κ1) is 16.0. The molecule has 0 atom stereocenters. The van der Waals surface area contributed by atoms with Crippen LogP contribution in [0.3, 0.4) is 0 Å². The van der Waals surface area contributed by atoms with Crippen LogP contribution in [0.15, 0.2) is 59.5 Å². The molecule has 1 amide bonds. The first-order valence-electron chi connectivity index (χ1n) is 6.83. The Labute approximate surface area is 132 Å². The Bertz CT molecular complexity index is 630. The van der Waals surface area contributed by atoms with E-state index >= 15 is 0 Å². The maximum atomic E-state index is 11.8. The fraction of sp³-hybridized carbons (Fsp3) is 0.188. The minimum Gasteiger partial charge on any atom is -0.355 e. The van der Waals surface area contributed by atoms with Gasteiger partial charge in [-0.15, -0.1) is 11.8 Å². The lowest BCUT2D eigenvalue weighted by atomic mass is 10.1. The Kier molecular flexibility index (Phi) is 5.97. The molecule has 0 aliphatic heterocycles. The zero-order valence-corrected chi connectivity index (χ0v) is 12.7. The predicted molar refractivity (Wildman–Crippen MR) is 87.0 cm³/mol. The van der Waals surface area contributed by atoms with E-state index in [0.717, 1.165) is 11.3 Å². The number of carbonyl (C=O) groups excluding carboxylic acids is 1. The molecule has 1 N–H and O–H groups in total. The number of amides is 1. The van der Waals surface area contributed by atoms with E-state index in [0.29, 0.717) is 6.54 Å². The van der Waals surface area contributed by atoms with Gasteiger partial charge in [-0.25, -0.2) is 0 Å². The minimum absolute atomic E-state index is 0.0309. The van der Waals surface area contributed by atoms with Gasteiger partial charge >= 0.3 is 0 Å². The average Bonchev–Trinajstić information content (AvgIpc) is 2.53. The second-order valence-corrected chi connectivity index (χ2v) is 5.78. The van der Waals surface area contributed by atoms with Crippen molar-refractivity contribution >= 4 is 23.4 Å². The van der Waals surface area contributed by atoms with Crippen molar-refractivity contribution in [3.63, 3.8) is 0 Å². The van der Waals surface area contributed by atoms with Crippen LogP contribution in [0.5, 0.6) is 0 Å². The number of hydrogen-bond acceptors (Lipinski definition) is 4. The number of benzene rings is 2. The van der Waals surface area contributed by atoms with Crippen LogP contribution in [-0.4, -0.2) is 23.1 Å². The fourth-order valence-electron chi connectivity index (χ4n) is 1.86. The zero-order valence-electron chi connectivity index (χ0n) is 11.9. The zero-order chi connectivity index (χ0) is 15.8. The summed E-state index contributed by atoms with van der Waals surface area (Å²) in [6.45, 7) is 0.589. The van der Waals surface area contributed by atoms with Gasteiger partial charge in [0.05, 0.1) is 11.3 Å². The largest absolute Gasteiger partial charge is 0.355 e. The lowest BCUT2D eigenvalue weighted by Crippen LogP contribution is -2.27. The normalized spacial score (nSPS) is 10.2. The lowest BCUT2D eigenvalue weighted by molar-refractivity contribution is -0.384. The van der Waals surface area contributed by atoms with Crippen LogP contribution in [0.25, 0.3) is 0 Å². The number of nitrogens with one attached hydrogen (secondary N) is 1. The highest BCUT2D eigenvalue weighted by molar-refractivity contribution is 7.99. The van der Waals surface area contributed by atoms with E-state index in [1.165, 1.54) is 17.0 Å². The van der Waals surface area contributed by atoms with E-state index in [9.17, 15) is 14.9 Å².